The number of carbonyl (C=O) groups is 1. The van der Waals surface area contributed by atoms with Crippen LogP contribution in [-0.2, 0) is 11.4 Å². The van der Waals surface area contributed by atoms with Crippen molar-refractivity contribution >= 4 is 22.5 Å². The van der Waals surface area contributed by atoms with E-state index in [9.17, 15) is 28.3 Å². The summed E-state index contributed by atoms with van der Waals surface area (Å²) in [5, 5.41) is 22.5. The third kappa shape index (κ3) is 6.29. The van der Waals surface area contributed by atoms with Crippen molar-refractivity contribution in [3.63, 3.8) is 0 Å². The molecule has 0 spiro atoms. The fourth-order valence-corrected chi connectivity index (χ4v) is 5.37. The van der Waals surface area contributed by atoms with Gasteiger partial charge in [0.1, 0.15) is 23.4 Å². The molecular weight excluding hydrogens is 532 g/mol. The maximum atomic E-state index is 15.9. The third-order valence-corrected chi connectivity index (χ3v) is 7.69. The third-order valence-electron chi connectivity index (χ3n) is 7.69. The molecule has 2 heterocycles. The number of halogens is 4. The molecule has 3 aromatic rings. The van der Waals surface area contributed by atoms with E-state index in [4.69, 9.17) is 4.74 Å². The fraction of sp³-hybridized carbons (Fsp3) is 0.429. The minimum Gasteiger partial charge on any atom is -0.497 e. The fourth-order valence-electron chi connectivity index (χ4n) is 5.37. The number of anilines is 1. The highest BCUT2D eigenvalue weighted by molar-refractivity contribution is 5.85. The predicted molar refractivity (Wildman–Crippen MR) is 140 cm³/mol. The van der Waals surface area contributed by atoms with Crippen molar-refractivity contribution in [3.8, 4) is 5.75 Å². The number of carbonyl (C=O) groups excluding carboxylic acids is 1. The summed E-state index contributed by atoms with van der Waals surface area (Å²) in [6, 6.07) is 6.27. The van der Waals surface area contributed by atoms with E-state index in [2.05, 4.69) is 10.3 Å². The molecular formula is C28H32F4N4O4. The van der Waals surface area contributed by atoms with Gasteiger partial charge < -0.3 is 20.1 Å². The molecule has 12 heteroatoms. The Bertz CT molecular complexity index is 1320. The molecule has 1 aliphatic rings. The normalized spacial score (nSPS) is 16.1. The van der Waals surface area contributed by atoms with Crippen molar-refractivity contribution in [1.82, 2.24) is 15.4 Å². The van der Waals surface area contributed by atoms with Crippen molar-refractivity contribution in [2.24, 2.45) is 5.41 Å². The molecule has 1 saturated heterocycles. The number of nitrogens with one attached hydrogen (secondary N) is 2. The van der Waals surface area contributed by atoms with Crippen LogP contribution in [0, 0.1) is 22.9 Å². The zero-order valence-electron chi connectivity index (χ0n) is 22.0. The number of piperidine rings is 1. The number of aliphatic hydroxyl groups excluding tert-OH is 1. The second-order valence-electron chi connectivity index (χ2n) is 9.98. The highest BCUT2D eigenvalue weighted by Gasteiger charge is 2.41. The molecule has 4 N–H and O–H groups in total. The number of nitrogens with zero attached hydrogens (tertiary/aromatic N) is 2. The van der Waals surface area contributed by atoms with Gasteiger partial charge in [0.25, 0.3) is 0 Å². The number of hydrogen-bond donors (Lipinski definition) is 4. The van der Waals surface area contributed by atoms with Crippen LogP contribution in [0.2, 0.25) is 0 Å². The van der Waals surface area contributed by atoms with Crippen LogP contribution in [0.4, 0.5) is 23.2 Å². The molecule has 1 aromatic heterocycles. The Morgan fingerprint density at radius 1 is 1.18 bits per heavy atom. The van der Waals surface area contributed by atoms with Crippen molar-refractivity contribution in [2.45, 2.75) is 38.5 Å². The maximum absolute atomic E-state index is 15.9. The summed E-state index contributed by atoms with van der Waals surface area (Å²) in [5.74, 6) is -3.15. The van der Waals surface area contributed by atoms with Crippen molar-refractivity contribution < 1.29 is 37.4 Å². The number of fused-ring (bicyclic) bond motifs is 1. The van der Waals surface area contributed by atoms with Crippen LogP contribution < -0.4 is 15.5 Å². The molecule has 0 bridgehead atoms. The number of rotatable bonds is 11. The summed E-state index contributed by atoms with van der Waals surface area (Å²) >= 11 is 0. The quantitative estimate of drug-likeness (QED) is 0.153. The largest absolute Gasteiger partial charge is 0.497 e. The van der Waals surface area contributed by atoms with E-state index in [-0.39, 0.29) is 24.9 Å². The molecule has 1 atom stereocenters. The molecule has 0 aliphatic carbocycles. The lowest BCUT2D eigenvalue weighted by molar-refractivity contribution is -0.143. The number of aromatic nitrogens is 1. The number of amides is 1. The van der Waals surface area contributed by atoms with Gasteiger partial charge in [-0.05, 0) is 57.0 Å². The van der Waals surface area contributed by atoms with Gasteiger partial charge in [0.15, 0.2) is 11.6 Å². The van der Waals surface area contributed by atoms with Gasteiger partial charge in [-0.3, -0.25) is 15.0 Å². The van der Waals surface area contributed by atoms with E-state index in [1.54, 1.807) is 23.7 Å². The number of ether oxygens (including phenoxy) is 1. The number of likely N-dealkylation sites (tertiary alicyclic amines) is 1. The topological polar surface area (TPSA) is 107 Å². The summed E-state index contributed by atoms with van der Waals surface area (Å²) in [5.41, 5.74) is 1.46. The van der Waals surface area contributed by atoms with Crippen molar-refractivity contribution in [1.29, 1.82) is 0 Å². The van der Waals surface area contributed by atoms with Crippen LogP contribution >= 0.6 is 0 Å². The van der Waals surface area contributed by atoms with E-state index in [1.807, 2.05) is 4.90 Å². The Kier molecular flexibility index (Phi) is 9.44. The highest BCUT2D eigenvalue weighted by Crippen LogP contribution is 2.41. The first-order valence-electron chi connectivity index (χ1n) is 13.0. The Morgan fingerprint density at radius 2 is 1.88 bits per heavy atom. The minimum atomic E-state index is -1.52. The Hall–Kier alpha value is -3.48. The minimum absolute atomic E-state index is 0.0403. The smallest absolute Gasteiger partial charge is 0.249 e. The first-order valence-corrected chi connectivity index (χ1v) is 13.0. The van der Waals surface area contributed by atoms with Crippen LogP contribution in [0.15, 0.2) is 36.5 Å². The van der Waals surface area contributed by atoms with Gasteiger partial charge in [0, 0.05) is 47.9 Å². The molecule has 1 unspecified atom stereocenters. The lowest BCUT2D eigenvalue weighted by Crippen LogP contribution is -2.49. The van der Waals surface area contributed by atoms with Crippen LogP contribution in [0.5, 0.6) is 5.75 Å². The molecule has 2 aromatic carbocycles. The van der Waals surface area contributed by atoms with E-state index in [1.165, 1.54) is 13.3 Å². The second-order valence-corrected chi connectivity index (χ2v) is 9.98. The van der Waals surface area contributed by atoms with Gasteiger partial charge in [-0.15, -0.1) is 0 Å². The van der Waals surface area contributed by atoms with Gasteiger partial charge in [-0.1, -0.05) is 0 Å². The van der Waals surface area contributed by atoms with Crippen LogP contribution in [0.3, 0.4) is 0 Å². The zero-order valence-corrected chi connectivity index (χ0v) is 22.0. The maximum Gasteiger partial charge on any atom is 0.249 e. The number of aliphatic hydroxyl groups is 1. The molecule has 8 nitrogen and oxygen atoms in total. The van der Waals surface area contributed by atoms with Gasteiger partial charge in [0.2, 0.25) is 5.91 Å². The van der Waals surface area contributed by atoms with Gasteiger partial charge in [-0.25, -0.2) is 23.0 Å². The van der Waals surface area contributed by atoms with Crippen LogP contribution in [0.1, 0.15) is 43.0 Å². The molecule has 0 saturated carbocycles. The number of methoxy groups -OCH3 is 1. The number of hydroxylamine groups is 1. The molecule has 1 amide bonds. The van der Waals surface area contributed by atoms with Gasteiger partial charge in [0.05, 0.1) is 24.6 Å². The zero-order chi connectivity index (χ0) is 28.9. The molecule has 40 heavy (non-hydrogen) atoms. The van der Waals surface area contributed by atoms with Crippen molar-refractivity contribution in [3.05, 3.63) is 65.1 Å². The lowest BCUT2D eigenvalue weighted by atomic mass is 9.73. The van der Waals surface area contributed by atoms with Gasteiger partial charge in [-0.2, -0.15) is 0 Å². The number of pyridine rings is 1. The molecule has 1 aliphatic heterocycles. The number of benzene rings is 2. The molecule has 216 valence electrons. The summed E-state index contributed by atoms with van der Waals surface area (Å²) in [7, 11) is 1.50. The SMILES string of the molecule is COc1ccc2ncc(CO)c(C(F)CCC3(C(=O)NO)CCN(CCNc4c(F)cc(F)cc4F)CC3)c2c1. The first kappa shape index (κ1) is 29.5. The van der Waals surface area contributed by atoms with E-state index in [0.29, 0.717) is 66.8 Å². The summed E-state index contributed by atoms with van der Waals surface area (Å²) in [4.78, 5) is 19.0. The molecule has 4 rings (SSSR count). The summed E-state index contributed by atoms with van der Waals surface area (Å²) in [6.07, 6.45) is 0.652. The Balaban J connectivity index is 1.42. The summed E-state index contributed by atoms with van der Waals surface area (Å²) in [6.45, 7) is 1.01. The Morgan fingerprint density at radius 3 is 2.50 bits per heavy atom. The van der Waals surface area contributed by atoms with Crippen LogP contribution in [0.25, 0.3) is 10.9 Å². The monoisotopic (exact) mass is 564 g/mol. The lowest BCUT2D eigenvalue weighted by Gasteiger charge is -2.40. The standard InChI is InChI=1S/C28H32F4N4O4/c1-40-19-2-3-24-20(14-19)25(17(16-37)15-34-24)21(30)4-5-28(27(38)35-39)6-9-36(10-7-28)11-8-33-26-22(31)12-18(29)13-23(26)32/h2-3,12-15,21,33,37,39H,4-11,16H2,1H3,(H,35,38). The van der Waals surface area contributed by atoms with E-state index >= 15 is 4.39 Å². The van der Waals surface area contributed by atoms with Crippen molar-refractivity contribution in [2.75, 3.05) is 38.6 Å². The molecule has 0 radical (unpaired) electrons. The summed E-state index contributed by atoms with van der Waals surface area (Å²) < 4.78 is 62.0. The second kappa shape index (κ2) is 12.8. The first-order chi connectivity index (χ1) is 19.2. The number of alkyl halides is 1. The van der Waals surface area contributed by atoms with E-state index in [0.717, 1.165) is 0 Å². The Labute approximate surface area is 228 Å². The van der Waals surface area contributed by atoms with Gasteiger partial charge >= 0.3 is 0 Å². The highest BCUT2D eigenvalue weighted by atomic mass is 19.1. The predicted octanol–water partition coefficient (Wildman–Crippen LogP) is 4.64. The average Bonchev–Trinajstić information content (AvgIpc) is 2.96. The van der Waals surface area contributed by atoms with E-state index < -0.39 is 47.2 Å². The van der Waals surface area contributed by atoms with Crippen LogP contribution in [-0.4, -0.2) is 59.4 Å². The number of hydrogen-bond acceptors (Lipinski definition) is 7. The molecule has 1 fully saturated rings. The average molecular weight is 565 g/mol.